The molecular formula is C33H35ClN8O2. The van der Waals surface area contributed by atoms with Gasteiger partial charge in [0.05, 0.1) is 22.1 Å². The lowest BCUT2D eigenvalue weighted by Gasteiger charge is -2.35. The van der Waals surface area contributed by atoms with Crippen molar-refractivity contribution in [3.05, 3.63) is 102 Å². The van der Waals surface area contributed by atoms with Gasteiger partial charge in [0, 0.05) is 43.8 Å². The molecule has 0 aliphatic carbocycles. The lowest BCUT2D eigenvalue weighted by molar-refractivity contribution is -0.111. The number of nitrogens with one attached hydrogen (secondary N) is 4. The van der Waals surface area contributed by atoms with Gasteiger partial charge in [-0.15, -0.1) is 0 Å². The zero-order valence-electron chi connectivity index (χ0n) is 24.7. The van der Waals surface area contributed by atoms with Crippen molar-refractivity contribution in [1.82, 2.24) is 14.9 Å². The Hall–Kier alpha value is -4.93. The molecule has 2 amide bonds. The van der Waals surface area contributed by atoms with Gasteiger partial charge >= 0.3 is 0 Å². The summed E-state index contributed by atoms with van der Waals surface area (Å²) in [5.74, 6) is -0.298. The van der Waals surface area contributed by atoms with E-state index in [0.29, 0.717) is 22.1 Å². The number of likely N-dealkylation sites (N-methyl/N-ethyl adjacent to an activating group) is 1. The van der Waals surface area contributed by atoms with Crippen molar-refractivity contribution < 1.29 is 9.59 Å². The van der Waals surface area contributed by atoms with Crippen molar-refractivity contribution in [2.24, 2.45) is 0 Å². The highest BCUT2D eigenvalue weighted by molar-refractivity contribution is 6.34. The van der Waals surface area contributed by atoms with E-state index in [2.05, 4.69) is 66.7 Å². The number of hydrogen-bond donors (Lipinski definition) is 4. The highest BCUT2D eigenvalue weighted by Gasteiger charge is 2.19. The van der Waals surface area contributed by atoms with Crippen LogP contribution in [0.15, 0.2) is 85.6 Å². The zero-order chi connectivity index (χ0) is 31.1. The summed E-state index contributed by atoms with van der Waals surface area (Å²) < 4.78 is 0. The van der Waals surface area contributed by atoms with Gasteiger partial charge in [-0.05, 0) is 67.6 Å². The molecule has 10 nitrogen and oxygen atoms in total. The first-order valence-corrected chi connectivity index (χ1v) is 14.8. The number of amides is 2. The predicted molar refractivity (Wildman–Crippen MR) is 179 cm³/mol. The van der Waals surface area contributed by atoms with E-state index < -0.39 is 5.91 Å². The van der Waals surface area contributed by atoms with Gasteiger partial charge in [-0.3, -0.25) is 9.59 Å². The third-order valence-electron chi connectivity index (χ3n) is 7.43. The number of para-hydroxylation sites is 3. The van der Waals surface area contributed by atoms with Gasteiger partial charge in [-0.1, -0.05) is 49.4 Å². The van der Waals surface area contributed by atoms with E-state index in [9.17, 15) is 9.59 Å². The van der Waals surface area contributed by atoms with Crippen molar-refractivity contribution in [2.75, 3.05) is 58.9 Å². The first-order valence-electron chi connectivity index (χ1n) is 14.4. The number of aromatic nitrogens is 2. The van der Waals surface area contributed by atoms with Crippen LogP contribution in [0.4, 0.5) is 40.2 Å². The molecule has 11 heteroatoms. The van der Waals surface area contributed by atoms with Crippen molar-refractivity contribution >= 4 is 63.6 Å². The molecule has 0 atom stereocenters. The third kappa shape index (κ3) is 7.34. The molecule has 1 aliphatic rings. The second-order valence-corrected chi connectivity index (χ2v) is 10.7. The number of aryl methyl sites for hydroxylation is 1. The molecule has 2 heterocycles. The summed E-state index contributed by atoms with van der Waals surface area (Å²) >= 11 is 6.38. The number of benzene rings is 3. The topological polar surface area (TPSA) is 115 Å². The molecule has 1 aromatic heterocycles. The van der Waals surface area contributed by atoms with E-state index in [-0.39, 0.29) is 23.2 Å². The van der Waals surface area contributed by atoms with Gasteiger partial charge in [0.25, 0.3) is 5.91 Å². The van der Waals surface area contributed by atoms with Crippen molar-refractivity contribution in [3.8, 4) is 0 Å². The molecule has 226 valence electrons. The highest BCUT2D eigenvalue weighted by atomic mass is 35.5. The van der Waals surface area contributed by atoms with E-state index in [4.69, 9.17) is 11.6 Å². The van der Waals surface area contributed by atoms with Crippen molar-refractivity contribution in [1.29, 1.82) is 0 Å². The predicted octanol–water partition coefficient (Wildman–Crippen LogP) is 6.44. The normalized spacial score (nSPS) is 13.2. The summed E-state index contributed by atoms with van der Waals surface area (Å²) in [4.78, 5) is 39.5. The lowest BCUT2D eigenvalue weighted by Crippen LogP contribution is -2.46. The Balaban J connectivity index is 1.41. The van der Waals surface area contributed by atoms with E-state index >= 15 is 0 Å². The summed E-state index contributed by atoms with van der Waals surface area (Å²) in [6.07, 6.45) is 2.64. The lowest BCUT2D eigenvalue weighted by atomic mass is 10.2. The monoisotopic (exact) mass is 610 g/mol. The van der Waals surface area contributed by atoms with Crippen LogP contribution in [0, 0.1) is 6.92 Å². The molecule has 1 fully saturated rings. The fourth-order valence-corrected chi connectivity index (χ4v) is 5.16. The van der Waals surface area contributed by atoms with E-state index in [1.54, 1.807) is 24.3 Å². The maximum atomic E-state index is 13.5. The molecule has 44 heavy (non-hydrogen) atoms. The number of hydrogen-bond acceptors (Lipinski definition) is 8. The second-order valence-electron chi connectivity index (χ2n) is 10.3. The first kappa shape index (κ1) is 30.5. The Morgan fingerprint density at radius 1 is 0.932 bits per heavy atom. The Morgan fingerprint density at radius 3 is 2.34 bits per heavy atom. The summed E-state index contributed by atoms with van der Waals surface area (Å²) in [7, 11) is 0. The van der Waals surface area contributed by atoms with Gasteiger partial charge in [0.2, 0.25) is 11.9 Å². The maximum Gasteiger partial charge on any atom is 0.261 e. The van der Waals surface area contributed by atoms with Gasteiger partial charge in [0.1, 0.15) is 11.4 Å². The molecule has 4 N–H and O–H groups in total. The Morgan fingerprint density at radius 2 is 1.66 bits per heavy atom. The van der Waals surface area contributed by atoms with Gasteiger partial charge in [0.15, 0.2) is 0 Å². The number of halogens is 1. The van der Waals surface area contributed by atoms with Crippen LogP contribution in [-0.2, 0) is 4.79 Å². The Kier molecular flexibility index (Phi) is 9.73. The number of carbonyl (C=O) groups is 2. The van der Waals surface area contributed by atoms with Crippen LogP contribution in [-0.4, -0.2) is 59.4 Å². The maximum absolute atomic E-state index is 13.5. The second kappa shape index (κ2) is 14.0. The number of nitrogens with zero attached hydrogens (tertiary/aromatic N) is 4. The summed E-state index contributed by atoms with van der Waals surface area (Å²) in [5.41, 5.74) is 4.48. The quantitative estimate of drug-likeness (QED) is 0.152. The van der Waals surface area contributed by atoms with E-state index in [1.807, 2.05) is 37.3 Å². The van der Waals surface area contributed by atoms with Crippen LogP contribution >= 0.6 is 11.6 Å². The molecule has 4 aromatic rings. The van der Waals surface area contributed by atoms with Crippen LogP contribution in [0.1, 0.15) is 22.8 Å². The molecule has 5 rings (SSSR count). The zero-order valence-corrected chi connectivity index (χ0v) is 25.5. The van der Waals surface area contributed by atoms with Crippen molar-refractivity contribution in [2.45, 2.75) is 13.8 Å². The average Bonchev–Trinajstić information content (AvgIpc) is 3.04. The minimum absolute atomic E-state index is 0.182. The van der Waals surface area contributed by atoms with E-state index in [1.165, 1.54) is 12.3 Å². The number of anilines is 7. The number of carbonyl (C=O) groups excluding carboxylic acids is 2. The largest absolute Gasteiger partial charge is 0.369 e. The van der Waals surface area contributed by atoms with E-state index in [0.717, 1.165) is 49.7 Å². The van der Waals surface area contributed by atoms with Crippen LogP contribution in [0.5, 0.6) is 0 Å². The minimum Gasteiger partial charge on any atom is -0.369 e. The van der Waals surface area contributed by atoms with Crippen LogP contribution < -0.4 is 26.2 Å². The Bertz CT molecular complexity index is 1630. The molecule has 0 radical (unpaired) electrons. The molecule has 3 aromatic carbocycles. The summed E-state index contributed by atoms with van der Waals surface area (Å²) in [6, 6.07) is 20.6. The highest BCUT2D eigenvalue weighted by Crippen LogP contribution is 2.30. The molecule has 1 aliphatic heterocycles. The molecule has 1 saturated heterocycles. The molecule has 0 saturated carbocycles. The molecular weight excluding hydrogens is 576 g/mol. The fraction of sp³-hybridized carbons (Fsp3) is 0.212. The smallest absolute Gasteiger partial charge is 0.261 e. The minimum atomic E-state index is -0.449. The SMILES string of the molecule is C=CC(=O)Nc1ccccc1Nc1nc(Nc2ccc(N3CCN(CC)CC3)cc2)ncc1C(=O)Nc1c(C)cccc1Cl. The first-order chi connectivity index (χ1) is 21.3. The standard InChI is InChI=1S/C33H35ClN8O2/c1-4-29(43)37-27-11-6-7-12-28(27)38-31-25(32(44)39-30-22(3)9-8-10-26(30)34)21-35-33(40-31)36-23-13-15-24(16-14-23)42-19-17-41(5-2)18-20-42/h4,6-16,21H,1,5,17-20H2,2-3H3,(H,37,43)(H,39,44)(H2,35,36,38,40). The van der Waals surface area contributed by atoms with Gasteiger partial charge < -0.3 is 31.1 Å². The van der Waals surface area contributed by atoms with Crippen LogP contribution in [0.25, 0.3) is 0 Å². The molecule has 0 unspecified atom stereocenters. The summed E-state index contributed by atoms with van der Waals surface area (Å²) in [5, 5.41) is 12.5. The number of rotatable bonds is 10. The molecule has 0 bridgehead atoms. The van der Waals surface area contributed by atoms with Gasteiger partial charge in [-0.25, -0.2) is 4.98 Å². The average molecular weight is 611 g/mol. The van der Waals surface area contributed by atoms with Crippen LogP contribution in [0.2, 0.25) is 5.02 Å². The fourth-order valence-electron chi connectivity index (χ4n) is 4.89. The third-order valence-corrected chi connectivity index (χ3v) is 7.74. The summed E-state index contributed by atoms with van der Waals surface area (Å²) in [6.45, 7) is 12.7. The number of piperazine rings is 1. The van der Waals surface area contributed by atoms with Gasteiger partial charge in [-0.2, -0.15) is 4.98 Å². The Labute approximate surface area is 262 Å². The molecule has 0 spiro atoms. The van der Waals surface area contributed by atoms with Crippen LogP contribution in [0.3, 0.4) is 0 Å². The van der Waals surface area contributed by atoms with Crippen molar-refractivity contribution in [3.63, 3.8) is 0 Å².